The van der Waals surface area contributed by atoms with E-state index in [1.54, 1.807) is 0 Å². The Bertz CT molecular complexity index is 689. The number of nitrogens with zero attached hydrogens (tertiary/aromatic N) is 6. The van der Waals surface area contributed by atoms with E-state index in [1.807, 2.05) is 6.07 Å². The molecule has 1 amide bonds. The van der Waals surface area contributed by atoms with Gasteiger partial charge in [0.1, 0.15) is 6.07 Å². The highest BCUT2D eigenvalue weighted by atomic mass is 16.6. The predicted octanol–water partition coefficient (Wildman–Crippen LogP) is 2.13. The van der Waals surface area contributed by atoms with Gasteiger partial charge in [0.2, 0.25) is 5.91 Å². The van der Waals surface area contributed by atoms with E-state index in [-0.39, 0.29) is 36.0 Å². The summed E-state index contributed by atoms with van der Waals surface area (Å²) < 4.78 is 0. The second kappa shape index (κ2) is 5.90. The molecule has 1 saturated heterocycles. The van der Waals surface area contributed by atoms with Crippen molar-refractivity contribution >= 4 is 17.3 Å². The van der Waals surface area contributed by atoms with Crippen LogP contribution in [0, 0.1) is 27.4 Å². The molecule has 0 aromatic heterocycles. The maximum absolute atomic E-state index is 12.0. The fraction of sp³-hybridized carbons (Fsp3) is 0.333. The Hall–Kier alpha value is -3.11. The number of amides is 1. The van der Waals surface area contributed by atoms with Gasteiger partial charge in [0.15, 0.2) is 0 Å². The number of hydrogen-bond donors (Lipinski definition) is 0. The molecule has 0 aliphatic carbocycles. The molecule has 1 aromatic rings. The highest BCUT2D eigenvalue weighted by Crippen LogP contribution is 2.30. The molecule has 106 valence electrons. The third-order valence-electron chi connectivity index (χ3n) is 3.21. The minimum atomic E-state index is -0.596. The van der Waals surface area contributed by atoms with Gasteiger partial charge in [-0.2, -0.15) is 5.26 Å². The SMILES string of the molecule is N#Cc1cc([N+](=O)[O-])ccc1N1CC(CN=[N+]=[N-])CC1=O. The van der Waals surface area contributed by atoms with E-state index in [4.69, 9.17) is 10.8 Å². The van der Waals surface area contributed by atoms with Crippen molar-refractivity contribution in [2.75, 3.05) is 18.0 Å². The molecule has 1 aromatic carbocycles. The summed E-state index contributed by atoms with van der Waals surface area (Å²) in [5.41, 5.74) is 8.51. The maximum atomic E-state index is 12.0. The Balaban J connectivity index is 2.30. The Morgan fingerprint density at radius 2 is 2.38 bits per heavy atom. The van der Waals surface area contributed by atoms with Gasteiger partial charge in [-0.25, -0.2) is 0 Å². The lowest BCUT2D eigenvalue weighted by Crippen LogP contribution is -2.25. The number of nitro groups is 1. The van der Waals surface area contributed by atoms with Crippen LogP contribution in [0.1, 0.15) is 12.0 Å². The van der Waals surface area contributed by atoms with Gasteiger partial charge < -0.3 is 4.90 Å². The van der Waals surface area contributed by atoms with E-state index >= 15 is 0 Å². The molecule has 0 saturated carbocycles. The minimum absolute atomic E-state index is 0.0713. The Morgan fingerprint density at radius 1 is 1.62 bits per heavy atom. The fourth-order valence-corrected chi connectivity index (χ4v) is 2.25. The molecule has 9 nitrogen and oxygen atoms in total. The van der Waals surface area contributed by atoms with E-state index < -0.39 is 4.92 Å². The number of azide groups is 1. The van der Waals surface area contributed by atoms with Gasteiger partial charge in [-0.1, -0.05) is 5.11 Å². The van der Waals surface area contributed by atoms with E-state index in [0.717, 1.165) is 6.07 Å². The largest absolute Gasteiger partial charge is 0.311 e. The second-order valence-corrected chi connectivity index (χ2v) is 4.56. The monoisotopic (exact) mass is 286 g/mol. The van der Waals surface area contributed by atoms with Crippen molar-refractivity contribution in [3.8, 4) is 6.07 Å². The van der Waals surface area contributed by atoms with Crippen LogP contribution in [0.25, 0.3) is 10.4 Å². The molecular formula is C12H10N6O3. The van der Waals surface area contributed by atoms with Crippen molar-refractivity contribution in [2.24, 2.45) is 11.0 Å². The molecule has 1 heterocycles. The van der Waals surface area contributed by atoms with Crippen LogP contribution in [0.4, 0.5) is 11.4 Å². The lowest BCUT2D eigenvalue weighted by atomic mass is 10.1. The summed E-state index contributed by atoms with van der Waals surface area (Å²) in [4.78, 5) is 26.1. The van der Waals surface area contributed by atoms with E-state index in [9.17, 15) is 14.9 Å². The number of nitro benzene ring substituents is 1. The zero-order chi connectivity index (χ0) is 15.4. The number of nitriles is 1. The summed E-state index contributed by atoms with van der Waals surface area (Å²) in [6.07, 6.45) is 0.223. The molecule has 1 unspecified atom stereocenters. The normalized spacial score (nSPS) is 17.2. The van der Waals surface area contributed by atoms with Gasteiger partial charge in [0.25, 0.3) is 5.69 Å². The standard InChI is InChI=1S/C12H10N6O3/c13-5-9-4-10(18(20)21)1-2-11(9)17-7-8(3-12(17)19)6-15-16-14/h1-2,4,8H,3,6-7H2. The number of benzene rings is 1. The van der Waals surface area contributed by atoms with Crippen molar-refractivity contribution in [3.05, 3.63) is 44.3 Å². The maximum Gasteiger partial charge on any atom is 0.270 e. The van der Waals surface area contributed by atoms with Crippen molar-refractivity contribution in [1.82, 2.24) is 0 Å². The molecule has 1 fully saturated rings. The van der Waals surface area contributed by atoms with Gasteiger partial charge >= 0.3 is 0 Å². The molecule has 1 aliphatic heterocycles. The number of carbonyl (C=O) groups is 1. The Kier molecular flexibility index (Phi) is 4.02. The first kappa shape index (κ1) is 14.3. The van der Waals surface area contributed by atoms with Gasteiger partial charge in [-0.15, -0.1) is 0 Å². The van der Waals surface area contributed by atoms with Crippen LogP contribution in [0.2, 0.25) is 0 Å². The first-order chi connectivity index (χ1) is 10.1. The Labute approximate surface area is 119 Å². The van der Waals surface area contributed by atoms with E-state index in [2.05, 4.69) is 10.0 Å². The summed E-state index contributed by atoms with van der Waals surface area (Å²) >= 11 is 0. The lowest BCUT2D eigenvalue weighted by molar-refractivity contribution is -0.384. The lowest BCUT2D eigenvalue weighted by Gasteiger charge is -2.17. The number of anilines is 1. The number of carbonyl (C=O) groups excluding carboxylic acids is 1. The minimum Gasteiger partial charge on any atom is -0.311 e. The third-order valence-corrected chi connectivity index (χ3v) is 3.21. The van der Waals surface area contributed by atoms with Crippen LogP contribution in [0.3, 0.4) is 0 Å². The molecule has 0 radical (unpaired) electrons. The van der Waals surface area contributed by atoms with Crippen LogP contribution in [-0.2, 0) is 4.79 Å². The molecule has 0 bridgehead atoms. The third kappa shape index (κ3) is 2.91. The number of rotatable bonds is 4. The van der Waals surface area contributed by atoms with Crippen molar-refractivity contribution in [1.29, 1.82) is 5.26 Å². The van der Waals surface area contributed by atoms with E-state index in [0.29, 0.717) is 12.2 Å². The smallest absolute Gasteiger partial charge is 0.270 e. The fourth-order valence-electron chi connectivity index (χ4n) is 2.25. The number of non-ortho nitro benzene ring substituents is 1. The highest BCUT2D eigenvalue weighted by Gasteiger charge is 2.31. The van der Waals surface area contributed by atoms with Crippen LogP contribution in [0.5, 0.6) is 0 Å². The van der Waals surface area contributed by atoms with Crippen molar-refractivity contribution in [2.45, 2.75) is 6.42 Å². The van der Waals surface area contributed by atoms with Crippen LogP contribution in [0.15, 0.2) is 23.3 Å². The molecular weight excluding hydrogens is 276 g/mol. The average molecular weight is 286 g/mol. The summed E-state index contributed by atoms with van der Waals surface area (Å²) in [5, 5.41) is 23.3. The van der Waals surface area contributed by atoms with Gasteiger partial charge in [-0.05, 0) is 17.5 Å². The molecule has 0 spiro atoms. The summed E-state index contributed by atoms with van der Waals surface area (Å²) in [6.45, 7) is 0.526. The zero-order valence-electron chi connectivity index (χ0n) is 10.8. The first-order valence-corrected chi connectivity index (χ1v) is 6.06. The van der Waals surface area contributed by atoms with Crippen LogP contribution >= 0.6 is 0 Å². The highest BCUT2D eigenvalue weighted by molar-refractivity contribution is 5.97. The summed E-state index contributed by atoms with van der Waals surface area (Å²) in [7, 11) is 0. The van der Waals surface area contributed by atoms with Crippen molar-refractivity contribution < 1.29 is 9.72 Å². The topological polar surface area (TPSA) is 136 Å². The average Bonchev–Trinajstić information content (AvgIpc) is 2.85. The van der Waals surface area contributed by atoms with Crippen LogP contribution < -0.4 is 4.90 Å². The van der Waals surface area contributed by atoms with Gasteiger partial charge in [0.05, 0.1) is 16.2 Å². The Morgan fingerprint density at radius 3 is 3.00 bits per heavy atom. The molecule has 0 N–H and O–H groups in total. The molecule has 21 heavy (non-hydrogen) atoms. The van der Waals surface area contributed by atoms with Crippen molar-refractivity contribution in [3.63, 3.8) is 0 Å². The molecule has 1 aliphatic rings. The molecule has 1 atom stereocenters. The second-order valence-electron chi connectivity index (χ2n) is 4.56. The first-order valence-electron chi connectivity index (χ1n) is 6.06. The summed E-state index contributed by atoms with van der Waals surface area (Å²) in [5.74, 6) is -0.311. The van der Waals surface area contributed by atoms with Gasteiger partial charge in [0, 0.05) is 36.6 Å². The van der Waals surface area contributed by atoms with Gasteiger partial charge in [-0.3, -0.25) is 14.9 Å². The zero-order valence-corrected chi connectivity index (χ0v) is 10.8. The quantitative estimate of drug-likeness (QED) is 0.275. The molecule has 2 rings (SSSR count). The molecule has 9 heteroatoms. The summed E-state index contributed by atoms with van der Waals surface area (Å²) in [6, 6.07) is 5.66. The van der Waals surface area contributed by atoms with E-state index in [1.165, 1.54) is 17.0 Å². The number of hydrogen-bond acceptors (Lipinski definition) is 5. The predicted molar refractivity (Wildman–Crippen MR) is 72.3 cm³/mol. The van der Waals surface area contributed by atoms with Crippen LogP contribution in [-0.4, -0.2) is 23.9 Å².